The van der Waals surface area contributed by atoms with Crippen LogP contribution in [0.3, 0.4) is 0 Å². The Labute approximate surface area is 93.0 Å². The maximum atomic E-state index is 11.6. The molecule has 1 fully saturated rings. The predicted molar refractivity (Wildman–Crippen MR) is 62.7 cm³/mol. The van der Waals surface area contributed by atoms with Crippen molar-refractivity contribution in [3.63, 3.8) is 0 Å². The van der Waals surface area contributed by atoms with Crippen molar-refractivity contribution >= 4 is 5.91 Å². The molecule has 15 heavy (non-hydrogen) atoms. The van der Waals surface area contributed by atoms with Gasteiger partial charge >= 0.3 is 0 Å². The molecular formula is C12H24N2O. The Hall–Kier alpha value is -0.570. The van der Waals surface area contributed by atoms with Crippen molar-refractivity contribution in [2.45, 2.75) is 52.0 Å². The highest BCUT2D eigenvalue weighted by atomic mass is 16.1. The number of hydrogen-bond donors (Lipinski definition) is 2. The average Bonchev–Trinajstić information content (AvgIpc) is 2.46. The average molecular weight is 212 g/mol. The van der Waals surface area contributed by atoms with Crippen LogP contribution in [0, 0.1) is 5.41 Å². The maximum absolute atomic E-state index is 11.6. The van der Waals surface area contributed by atoms with Crippen molar-refractivity contribution in [1.29, 1.82) is 0 Å². The second-order valence-electron chi connectivity index (χ2n) is 5.21. The molecule has 0 aromatic rings. The van der Waals surface area contributed by atoms with Gasteiger partial charge in [-0.05, 0) is 38.3 Å². The highest BCUT2D eigenvalue weighted by Gasteiger charge is 2.34. The normalized spacial score (nSPS) is 24.1. The molecule has 88 valence electrons. The van der Waals surface area contributed by atoms with Crippen molar-refractivity contribution in [2.75, 3.05) is 13.6 Å². The maximum Gasteiger partial charge on any atom is 0.220 e. The third-order valence-corrected chi connectivity index (χ3v) is 3.42. The molecule has 0 aliphatic heterocycles. The zero-order valence-corrected chi connectivity index (χ0v) is 10.2. The van der Waals surface area contributed by atoms with E-state index in [1.807, 2.05) is 7.05 Å². The molecule has 0 aromatic carbocycles. The molecule has 2 N–H and O–H groups in total. The highest BCUT2D eigenvalue weighted by Crippen LogP contribution is 2.37. The fourth-order valence-corrected chi connectivity index (χ4v) is 2.29. The summed E-state index contributed by atoms with van der Waals surface area (Å²) in [4.78, 5) is 11.6. The van der Waals surface area contributed by atoms with Gasteiger partial charge < -0.3 is 10.6 Å². The van der Waals surface area contributed by atoms with Crippen molar-refractivity contribution in [2.24, 2.45) is 5.41 Å². The van der Waals surface area contributed by atoms with Gasteiger partial charge in [0.05, 0.1) is 0 Å². The van der Waals surface area contributed by atoms with E-state index in [1.54, 1.807) is 0 Å². The monoisotopic (exact) mass is 212 g/mol. The summed E-state index contributed by atoms with van der Waals surface area (Å²) in [6, 6.07) is 0.389. The van der Waals surface area contributed by atoms with Gasteiger partial charge in [0, 0.05) is 12.5 Å². The molecule has 0 heterocycles. The molecule has 0 spiro atoms. The minimum Gasteiger partial charge on any atom is -0.353 e. The van der Waals surface area contributed by atoms with E-state index < -0.39 is 0 Å². The lowest BCUT2D eigenvalue weighted by Crippen LogP contribution is -2.41. The Kier molecular flexibility index (Phi) is 4.58. The van der Waals surface area contributed by atoms with E-state index >= 15 is 0 Å². The Bertz CT molecular complexity index is 214. The standard InChI is InChI=1S/C12H24N2O/c1-12(2)8-4-6-10(12)14-11(15)7-5-9-13-3/h10,13H,4-9H2,1-3H3,(H,14,15). The molecule has 0 bridgehead atoms. The molecule has 0 saturated heterocycles. The van der Waals surface area contributed by atoms with Crippen LogP contribution < -0.4 is 10.6 Å². The molecule has 1 aliphatic carbocycles. The van der Waals surface area contributed by atoms with E-state index in [0.29, 0.717) is 17.9 Å². The third-order valence-electron chi connectivity index (χ3n) is 3.42. The van der Waals surface area contributed by atoms with Crippen LogP contribution in [0.4, 0.5) is 0 Å². The summed E-state index contributed by atoms with van der Waals surface area (Å²) >= 11 is 0. The van der Waals surface area contributed by atoms with Crippen LogP contribution >= 0.6 is 0 Å². The summed E-state index contributed by atoms with van der Waals surface area (Å²) in [5, 5.41) is 6.21. The molecule has 0 radical (unpaired) electrons. The lowest BCUT2D eigenvalue weighted by molar-refractivity contribution is -0.122. The summed E-state index contributed by atoms with van der Waals surface area (Å²) < 4.78 is 0. The van der Waals surface area contributed by atoms with Gasteiger partial charge in [-0.2, -0.15) is 0 Å². The summed E-state index contributed by atoms with van der Waals surface area (Å²) in [6.07, 6.45) is 5.19. The van der Waals surface area contributed by atoms with E-state index in [0.717, 1.165) is 19.4 Å². The van der Waals surface area contributed by atoms with Gasteiger partial charge in [-0.25, -0.2) is 0 Å². The van der Waals surface area contributed by atoms with Crippen molar-refractivity contribution in [1.82, 2.24) is 10.6 Å². The SMILES string of the molecule is CNCCCC(=O)NC1CCCC1(C)C. The number of carbonyl (C=O) groups excluding carboxylic acids is 1. The van der Waals surface area contributed by atoms with Crippen LogP contribution in [0.15, 0.2) is 0 Å². The molecule has 1 rings (SSSR count). The largest absolute Gasteiger partial charge is 0.353 e. The zero-order valence-electron chi connectivity index (χ0n) is 10.2. The second kappa shape index (κ2) is 5.50. The molecule has 1 atom stereocenters. The zero-order chi connectivity index (χ0) is 11.3. The fourth-order valence-electron chi connectivity index (χ4n) is 2.29. The van der Waals surface area contributed by atoms with Crippen molar-refractivity contribution in [3.05, 3.63) is 0 Å². The van der Waals surface area contributed by atoms with Crippen LogP contribution in [0.5, 0.6) is 0 Å². The molecular weight excluding hydrogens is 188 g/mol. The van der Waals surface area contributed by atoms with Gasteiger partial charge in [-0.1, -0.05) is 20.3 Å². The summed E-state index contributed by atoms with van der Waals surface area (Å²) in [7, 11) is 1.91. The number of hydrogen-bond acceptors (Lipinski definition) is 2. The molecule has 3 nitrogen and oxygen atoms in total. The summed E-state index contributed by atoms with van der Waals surface area (Å²) in [5.41, 5.74) is 0.290. The highest BCUT2D eigenvalue weighted by molar-refractivity contribution is 5.76. The predicted octanol–water partition coefficient (Wildman–Crippen LogP) is 1.68. The molecule has 0 aromatic heterocycles. The van der Waals surface area contributed by atoms with E-state index in [4.69, 9.17) is 0 Å². The van der Waals surface area contributed by atoms with Gasteiger partial charge in [-0.3, -0.25) is 4.79 Å². The Morgan fingerprint density at radius 1 is 1.47 bits per heavy atom. The van der Waals surface area contributed by atoms with Gasteiger partial charge in [-0.15, -0.1) is 0 Å². The fraction of sp³-hybridized carbons (Fsp3) is 0.917. The van der Waals surface area contributed by atoms with E-state index in [1.165, 1.54) is 12.8 Å². The first-order chi connectivity index (χ1) is 7.06. The quantitative estimate of drug-likeness (QED) is 0.681. The van der Waals surface area contributed by atoms with Gasteiger partial charge in [0.2, 0.25) is 5.91 Å². The molecule has 1 aliphatic rings. The summed E-state index contributed by atoms with van der Waals surface area (Å²) in [6.45, 7) is 5.42. The third kappa shape index (κ3) is 3.82. The smallest absolute Gasteiger partial charge is 0.220 e. The molecule has 3 heteroatoms. The number of carbonyl (C=O) groups is 1. The Morgan fingerprint density at radius 2 is 2.20 bits per heavy atom. The van der Waals surface area contributed by atoms with Gasteiger partial charge in [0.15, 0.2) is 0 Å². The molecule has 1 amide bonds. The number of amides is 1. The topological polar surface area (TPSA) is 41.1 Å². The Morgan fingerprint density at radius 3 is 2.73 bits per heavy atom. The second-order valence-corrected chi connectivity index (χ2v) is 5.21. The van der Waals surface area contributed by atoms with Gasteiger partial charge in [0.1, 0.15) is 0 Å². The van der Waals surface area contributed by atoms with Crippen LogP contribution in [0.1, 0.15) is 46.0 Å². The first kappa shape index (κ1) is 12.5. The van der Waals surface area contributed by atoms with Crippen molar-refractivity contribution in [3.8, 4) is 0 Å². The van der Waals surface area contributed by atoms with Crippen LogP contribution in [0.25, 0.3) is 0 Å². The summed E-state index contributed by atoms with van der Waals surface area (Å²) in [5.74, 6) is 0.213. The van der Waals surface area contributed by atoms with Crippen LogP contribution in [-0.4, -0.2) is 25.5 Å². The molecule has 1 unspecified atom stereocenters. The van der Waals surface area contributed by atoms with E-state index in [-0.39, 0.29) is 5.91 Å². The van der Waals surface area contributed by atoms with Crippen LogP contribution in [-0.2, 0) is 4.79 Å². The van der Waals surface area contributed by atoms with Crippen molar-refractivity contribution < 1.29 is 4.79 Å². The lowest BCUT2D eigenvalue weighted by Gasteiger charge is -2.27. The van der Waals surface area contributed by atoms with E-state index in [2.05, 4.69) is 24.5 Å². The minimum atomic E-state index is 0.213. The molecule has 1 saturated carbocycles. The number of rotatable bonds is 5. The first-order valence-electron chi connectivity index (χ1n) is 6.00. The lowest BCUT2D eigenvalue weighted by atomic mass is 9.87. The van der Waals surface area contributed by atoms with Crippen LogP contribution in [0.2, 0.25) is 0 Å². The van der Waals surface area contributed by atoms with E-state index in [9.17, 15) is 4.79 Å². The Balaban J connectivity index is 2.25. The van der Waals surface area contributed by atoms with Gasteiger partial charge in [0.25, 0.3) is 0 Å². The first-order valence-corrected chi connectivity index (χ1v) is 6.00. The number of nitrogens with one attached hydrogen (secondary N) is 2. The minimum absolute atomic E-state index is 0.213.